The molecule has 0 aliphatic rings. The van der Waals surface area contributed by atoms with Crippen molar-refractivity contribution in [3.05, 3.63) is 50.5 Å². The van der Waals surface area contributed by atoms with Crippen molar-refractivity contribution >= 4 is 44.2 Å². The predicted molar refractivity (Wildman–Crippen MR) is 77.8 cm³/mol. The fourth-order valence-electron chi connectivity index (χ4n) is 1.23. The minimum Gasteiger partial charge on any atom is -0.456 e. The maximum Gasteiger partial charge on any atom is 0.140 e. The van der Waals surface area contributed by atoms with Gasteiger partial charge >= 0.3 is 0 Å². The molecule has 4 heteroatoms. The van der Waals surface area contributed by atoms with Gasteiger partial charge in [0.1, 0.15) is 11.5 Å². The smallest absolute Gasteiger partial charge is 0.140 e. The molecule has 82 valence electrons. The lowest BCUT2D eigenvalue weighted by Crippen LogP contribution is -1.90. The molecular formula is C12H9BrINO. The van der Waals surface area contributed by atoms with Crippen LogP contribution < -0.4 is 10.5 Å². The van der Waals surface area contributed by atoms with Crippen LogP contribution in [0.15, 0.2) is 46.9 Å². The summed E-state index contributed by atoms with van der Waals surface area (Å²) in [7, 11) is 0. The highest BCUT2D eigenvalue weighted by atomic mass is 127. The number of hydrogen-bond acceptors (Lipinski definition) is 2. The van der Waals surface area contributed by atoms with Crippen LogP contribution in [-0.2, 0) is 0 Å². The molecule has 0 aliphatic carbocycles. The van der Waals surface area contributed by atoms with Gasteiger partial charge < -0.3 is 10.5 Å². The van der Waals surface area contributed by atoms with E-state index in [9.17, 15) is 0 Å². The first-order chi connectivity index (χ1) is 7.65. The van der Waals surface area contributed by atoms with Crippen LogP contribution >= 0.6 is 38.5 Å². The Hall–Kier alpha value is -0.750. The summed E-state index contributed by atoms with van der Waals surface area (Å²) in [5.74, 6) is 1.63. The molecule has 0 spiro atoms. The summed E-state index contributed by atoms with van der Waals surface area (Å²) >= 11 is 5.59. The van der Waals surface area contributed by atoms with E-state index >= 15 is 0 Å². The van der Waals surface area contributed by atoms with Gasteiger partial charge in [-0.05, 0) is 65.1 Å². The van der Waals surface area contributed by atoms with Crippen LogP contribution in [0.3, 0.4) is 0 Å². The zero-order chi connectivity index (χ0) is 11.5. The average molecular weight is 390 g/mol. The molecule has 0 aromatic heterocycles. The molecule has 2 rings (SSSR count). The Bertz CT molecular complexity index is 499. The van der Waals surface area contributed by atoms with Crippen LogP contribution in [0.1, 0.15) is 0 Å². The summed E-state index contributed by atoms with van der Waals surface area (Å²) < 4.78 is 7.77. The average Bonchev–Trinajstić information content (AvgIpc) is 2.25. The SMILES string of the molecule is Nc1ccc(Oc2ccc(Br)cc2)c(I)c1. The molecule has 0 radical (unpaired) electrons. The lowest BCUT2D eigenvalue weighted by molar-refractivity contribution is 0.479. The summed E-state index contributed by atoms with van der Waals surface area (Å²) in [4.78, 5) is 0. The second kappa shape index (κ2) is 5.05. The van der Waals surface area contributed by atoms with Gasteiger partial charge in [0.05, 0.1) is 3.57 Å². The molecule has 2 N–H and O–H groups in total. The molecule has 16 heavy (non-hydrogen) atoms. The van der Waals surface area contributed by atoms with Crippen LogP contribution in [0, 0.1) is 3.57 Å². The van der Waals surface area contributed by atoms with Gasteiger partial charge in [0.15, 0.2) is 0 Å². The molecule has 0 saturated carbocycles. The Labute approximate surface area is 116 Å². The summed E-state index contributed by atoms with van der Waals surface area (Å²) in [5, 5.41) is 0. The molecule has 0 atom stereocenters. The van der Waals surface area contributed by atoms with Crippen molar-refractivity contribution in [2.24, 2.45) is 0 Å². The van der Waals surface area contributed by atoms with Crippen LogP contribution in [-0.4, -0.2) is 0 Å². The van der Waals surface area contributed by atoms with Crippen molar-refractivity contribution in [3.63, 3.8) is 0 Å². The van der Waals surface area contributed by atoms with E-state index in [4.69, 9.17) is 10.5 Å². The van der Waals surface area contributed by atoms with Gasteiger partial charge in [-0.1, -0.05) is 15.9 Å². The van der Waals surface area contributed by atoms with E-state index in [1.54, 1.807) is 0 Å². The van der Waals surface area contributed by atoms with Crippen molar-refractivity contribution in [1.82, 2.24) is 0 Å². The summed E-state index contributed by atoms with van der Waals surface area (Å²) in [6.45, 7) is 0. The van der Waals surface area contributed by atoms with E-state index in [0.717, 1.165) is 25.2 Å². The number of ether oxygens (including phenoxy) is 1. The van der Waals surface area contributed by atoms with Crippen LogP contribution in [0.2, 0.25) is 0 Å². The highest BCUT2D eigenvalue weighted by molar-refractivity contribution is 14.1. The summed E-state index contributed by atoms with van der Waals surface area (Å²) in [6.07, 6.45) is 0. The van der Waals surface area contributed by atoms with Gasteiger partial charge in [-0.3, -0.25) is 0 Å². The molecule has 0 unspecified atom stereocenters. The standard InChI is InChI=1S/C12H9BrINO/c13-8-1-4-10(5-2-8)16-12-6-3-9(15)7-11(12)14/h1-7H,15H2. The molecule has 2 nitrogen and oxygen atoms in total. The number of halogens is 2. The molecular weight excluding hydrogens is 381 g/mol. The fourth-order valence-corrected chi connectivity index (χ4v) is 2.14. The molecule has 0 saturated heterocycles. The van der Waals surface area contributed by atoms with Crippen molar-refractivity contribution in [3.8, 4) is 11.5 Å². The number of anilines is 1. The zero-order valence-corrected chi connectivity index (χ0v) is 12.0. The molecule has 0 bridgehead atoms. The first kappa shape index (κ1) is 11.7. The number of rotatable bonds is 2. The van der Waals surface area contributed by atoms with Crippen molar-refractivity contribution < 1.29 is 4.74 Å². The highest BCUT2D eigenvalue weighted by Crippen LogP contribution is 2.28. The molecule has 2 aromatic carbocycles. The summed E-state index contributed by atoms with van der Waals surface area (Å²) in [6, 6.07) is 13.3. The van der Waals surface area contributed by atoms with E-state index in [1.165, 1.54) is 0 Å². The van der Waals surface area contributed by atoms with Crippen molar-refractivity contribution in [2.75, 3.05) is 5.73 Å². The molecule has 0 fully saturated rings. The molecule has 0 aliphatic heterocycles. The second-order valence-electron chi connectivity index (χ2n) is 3.25. The van der Waals surface area contributed by atoms with Crippen molar-refractivity contribution in [1.29, 1.82) is 0 Å². The Morgan fingerprint density at radius 2 is 1.75 bits per heavy atom. The minimum absolute atomic E-state index is 0.743. The first-order valence-electron chi connectivity index (χ1n) is 4.63. The number of nitrogens with two attached hydrogens (primary N) is 1. The van der Waals surface area contributed by atoms with Crippen LogP contribution in [0.25, 0.3) is 0 Å². The van der Waals surface area contributed by atoms with Gasteiger partial charge in [-0.15, -0.1) is 0 Å². The lowest BCUT2D eigenvalue weighted by Gasteiger charge is -2.08. The van der Waals surface area contributed by atoms with E-state index in [1.807, 2.05) is 42.5 Å². The quantitative estimate of drug-likeness (QED) is 0.609. The first-order valence-corrected chi connectivity index (χ1v) is 6.51. The maximum absolute atomic E-state index is 5.74. The summed E-state index contributed by atoms with van der Waals surface area (Å²) in [5.41, 5.74) is 6.42. The predicted octanol–water partition coefficient (Wildman–Crippen LogP) is 4.43. The van der Waals surface area contributed by atoms with E-state index in [2.05, 4.69) is 38.5 Å². The maximum atomic E-state index is 5.74. The monoisotopic (exact) mass is 389 g/mol. The van der Waals surface area contributed by atoms with E-state index < -0.39 is 0 Å². The zero-order valence-electron chi connectivity index (χ0n) is 8.28. The number of hydrogen-bond donors (Lipinski definition) is 1. The van der Waals surface area contributed by atoms with Gasteiger partial charge in [0, 0.05) is 10.2 Å². The van der Waals surface area contributed by atoms with E-state index in [0.29, 0.717) is 0 Å². The number of benzene rings is 2. The lowest BCUT2D eigenvalue weighted by atomic mass is 10.3. The Morgan fingerprint density at radius 3 is 2.38 bits per heavy atom. The fraction of sp³-hybridized carbons (Fsp3) is 0. The van der Waals surface area contributed by atoms with Gasteiger partial charge in [-0.25, -0.2) is 0 Å². The van der Waals surface area contributed by atoms with Crippen LogP contribution in [0.5, 0.6) is 11.5 Å². The molecule has 0 amide bonds. The third kappa shape index (κ3) is 2.89. The van der Waals surface area contributed by atoms with E-state index in [-0.39, 0.29) is 0 Å². The highest BCUT2D eigenvalue weighted by Gasteiger charge is 2.02. The molecule has 0 heterocycles. The van der Waals surface area contributed by atoms with Gasteiger partial charge in [0.2, 0.25) is 0 Å². The third-order valence-electron chi connectivity index (χ3n) is 2.00. The second-order valence-corrected chi connectivity index (χ2v) is 5.32. The normalized spacial score (nSPS) is 10.1. The topological polar surface area (TPSA) is 35.2 Å². The van der Waals surface area contributed by atoms with Crippen molar-refractivity contribution in [2.45, 2.75) is 0 Å². The number of nitrogen functional groups attached to an aromatic ring is 1. The van der Waals surface area contributed by atoms with Gasteiger partial charge in [0.25, 0.3) is 0 Å². The molecule has 2 aromatic rings. The van der Waals surface area contributed by atoms with Crippen LogP contribution in [0.4, 0.5) is 5.69 Å². The third-order valence-corrected chi connectivity index (χ3v) is 3.37. The minimum atomic E-state index is 0.743. The Balaban J connectivity index is 2.23. The Morgan fingerprint density at radius 1 is 1.06 bits per heavy atom. The Kier molecular flexibility index (Phi) is 3.70. The van der Waals surface area contributed by atoms with Gasteiger partial charge in [-0.2, -0.15) is 0 Å². The largest absolute Gasteiger partial charge is 0.456 e.